The number of benzene rings is 2. The minimum atomic E-state index is -0.449. The molecule has 6 nitrogen and oxygen atoms in total. The van der Waals surface area contributed by atoms with E-state index < -0.39 is 12.0 Å². The molecule has 0 aliphatic carbocycles. The van der Waals surface area contributed by atoms with Gasteiger partial charge in [0.15, 0.2) is 4.98 Å². The highest BCUT2D eigenvalue weighted by atomic mass is 16.6. The van der Waals surface area contributed by atoms with Crippen LogP contribution < -0.4 is 4.74 Å². The first-order valence-corrected chi connectivity index (χ1v) is 7.87. The molecule has 25 heavy (non-hydrogen) atoms. The molecule has 1 N–H and O–H groups in total. The van der Waals surface area contributed by atoms with Crippen LogP contribution in [-0.2, 0) is 16.1 Å². The van der Waals surface area contributed by atoms with Crippen LogP contribution in [0.1, 0.15) is 12.0 Å². The molecule has 0 radical (unpaired) electrons. The Labute approximate surface area is 146 Å². The van der Waals surface area contributed by atoms with E-state index in [1.165, 1.54) is 7.11 Å². The molecule has 0 bridgehead atoms. The Morgan fingerprint density at radius 3 is 2.32 bits per heavy atom. The maximum atomic E-state index is 9.64. The molecule has 0 heterocycles. The van der Waals surface area contributed by atoms with Gasteiger partial charge in [0.2, 0.25) is 5.39 Å². The van der Waals surface area contributed by atoms with Crippen molar-refractivity contribution in [2.24, 2.45) is 0 Å². The third-order valence-electron chi connectivity index (χ3n) is 3.49. The summed E-state index contributed by atoms with van der Waals surface area (Å²) in [7, 11) is 1.29. The number of aliphatic hydroxyl groups excluding tert-OH is 1. The second kappa shape index (κ2) is 9.96. The highest BCUT2D eigenvalue weighted by molar-refractivity contribution is 5.21. The zero-order valence-electron chi connectivity index (χ0n) is 14.0. The van der Waals surface area contributed by atoms with Crippen molar-refractivity contribution in [1.82, 2.24) is 0 Å². The number of ether oxygens (including phenoxy) is 3. The molecule has 0 aliphatic rings. The monoisotopic (exact) mass is 341 g/mol. The molecule has 6 heteroatoms. The minimum absolute atomic E-state index is 0.00257. The molecule has 0 aromatic heterocycles. The Morgan fingerprint density at radius 2 is 1.72 bits per heavy atom. The number of diazo groups is 1. The van der Waals surface area contributed by atoms with Crippen LogP contribution >= 0.6 is 0 Å². The van der Waals surface area contributed by atoms with Gasteiger partial charge in [-0.1, -0.05) is 48.5 Å². The van der Waals surface area contributed by atoms with Crippen molar-refractivity contribution < 1.29 is 19.3 Å². The number of methoxy groups -OCH3 is 1. The first kappa shape index (κ1) is 18.3. The maximum absolute atomic E-state index is 9.64. The molecule has 0 saturated heterocycles. The van der Waals surface area contributed by atoms with E-state index in [4.69, 9.17) is 19.6 Å². The standard InChI is InChI=1S/C19H20N2O4/c1-23-19(22)18(21-20)12-17(14-25-16-10-6-3-7-11-16)24-13-15-8-4-2-5-9-15/h2-11,17H,12-14H2,1H3/p+1/b19-18+. The van der Waals surface area contributed by atoms with Crippen molar-refractivity contribution in [3.05, 3.63) is 82.8 Å². The molecule has 0 fully saturated rings. The van der Waals surface area contributed by atoms with Crippen molar-refractivity contribution in [1.29, 1.82) is 5.39 Å². The van der Waals surface area contributed by atoms with Gasteiger partial charge < -0.3 is 19.3 Å². The second-order valence-electron chi connectivity index (χ2n) is 5.30. The lowest BCUT2D eigenvalue weighted by Gasteiger charge is -2.16. The molecule has 0 saturated carbocycles. The van der Waals surface area contributed by atoms with Gasteiger partial charge in [-0.25, -0.2) is 0 Å². The molecule has 1 atom stereocenters. The Bertz CT molecular complexity index is 668. The minimum Gasteiger partial charge on any atom is -0.491 e. The molecule has 2 aromatic rings. The lowest BCUT2D eigenvalue weighted by atomic mass is 10.2. The number of hydrogen-bond acceptors (Lipinski definition) is 5. The van der Waals surface area contributed by atoms with E-state index in [0.29, 0.717) is 12.4 Å². The highest BCUT2D eigenvalue weighted by Gasteiger charge is 2.27. The summed E-state index contributed by atoms with van der Waals surface area (Å²) in [5.41, 5.74) is 1.01. The van der Waals surface area contributed by atoms with Crippen LogP contribution in [0.25, 0.3) is 4.98 Å². The number of nitrogens with zero attached hydrogens (tertiary/aromatic N) is 2. The van der Waals surface area contributed by atoms with Crippen LogP contribution in [0.4, 0.5) is 0 Å². The van der Waals surface area contributed by atoms with Gasteiger partial charge in [-0.2, -0.15) is 0 Å². The average Bonchev–Trinajstić information content (AvgIpc) is 2.68. The largest absolute Gasteiger partial charge is 0.491 e. The van der Waals surface area contributed by atoms with Crippen molar-refractivity contribution in [2.75, 3.05) is 13.7 Å². The number of hydrogen-bond donors (Lipinski definition) is 1. The quantitative estimate of drug-likeness (QED) is 0.544. The summed E-state index contributed by atoms with van der Waals surface area (Å²) in [6, 6.07) is 19.0. The number of aliphatic hydroxyl groups is 1. The zero-order valence-corrected chi connectivity index (χ0v) is 14.0. The maximum Gasteiger partial charge on any atom is 0.443 e. The Morgan fingerprint density at radius 1 is 1.08 bits per heavy atom. The molecule has 1 unspecified atom stereocenters. The van der Waals surface area contributed by atoms with Crippen molar-refractivity contribution >= 4 is 0 Å². The third kappa shape index (κ3) is 6.16. The first-order chi connectivity index (χ1) is 12.2. The number of rotatable bonds is 9. The van der Waals surface area contributed by atoms with Crippen LogP contribution in [-0.4, -0.2) is 24.9 Å². The summed E-state index contributed by atoms with van der Waals surface area (Å²) in [5.74, 6) is 0.258. The molecule has 2 aromatic carbocycles. The predicted molar refractivity (Wildman–Crippen MR) is 93.3 cm³/mol. The van der Waals surface area contributed by atoms with Crippen LogP contribution in [0.2, 0.25) is 0 Å². The van der Waals surface area contributed by atoms with Gasteiger partial charge in [0, 0.05) is 0 Å². The molecule has 0 amide bonds. The summed E-state index contributed by atoms with van der Waals surface area (Å²) in [4.78, 5) is 3.08. The van der Waals surface area contributed by atoms with E-state index in [1.807, 2.05) is 60.7 Å². The van der Waals surface area contributed by atoms with Crippen LogP contribution in [0.15, 0.2) is 72.3 Å². The van der Waals surface area contributed by atoms with Crippen molar-refractivity contribution in [2.45, 2.75) is 19.1 Å². The van der Waals surface area contributed by atoms with E-state index in [9.17, 15) is 5.11 Å². The molecular formula is C19H21N2O4+. The zero-order chi connectivity index (χ0) is 17.9. The van der Waals surface area contributed by atoms with Gasteiger partial charge in [0.25, 0.3) is 0 Å². The Hall–Kier alpha value is -3.04. The Kier molecular flexibility index (Phi) is 7.29. The van der Waals surface area contributed by atoms with E-state index in [1.54, 1.807) is 0 Å². The molecule has 2 rings (SSSR count). The van der Waals surface area contributed by atoms with Crippen LogP contribution in [0, 0.1) is 5.39 Å². The fraction of sp³-hybridized carbons (Fsp3) is 0.263. The topological polar surface area (TPSA) is 76.1 Å². The predicted octanol–water partition coefficient (Wildman–Crippen LogP) is 4.27. The van der Waals surface area contributed by atoms with E-state index in [2.05, 4.69) is 4.98 Å². The van der Waals surface area contributed by atoms with E-state index in [-0.39, 0.29) is 18.7 Å². The van der Waals surface area contributed by atoms with Crippen LogP contribution in [0.3, 0.4) is 0 Å². The van der Waals surface area contributed by atoms with Crippen LogP contribution in [0.5, 0.6) is 5.75 Å². The average molecular weight is 341 g/mol. The number of para-hydroxylation sites is 1. The Balaban J connectivity index is 2.03. The van der Waals surface area contributed by atoms with Gasteiger partial charge in [-0.15, -0.1) is 0 Å². The lowest BCUT2D eigenvalue weighted by Crippen LogP contribution is -2.22. The summed E-state index contributed by atoms with van der Waals surface area (Å²) in [6.45, 7) is 0.600. The summed E-state index contributed by atoms with van der Waals surface area (Å²) >= 11 is 0. The molecule has 0 spiro atoms. The van der Waals surface area contributed by atoms with Gasteiger partial charge in [-0.3, -0.25) is 0 Å². The first-order valence-electron chi connectivity index (χ1n) is 7.87. The summed E-state index contributed by atoms with van der Waals surface area (Å²) in [5, 5.41) is 18.7. The van der Waals surface area contributed by atoms with Gasteiger partial charge in [0.1, 0.15) is 18.5 Å². The van der Waals surface area contributed by atoms with E-state index >= 15 is 0 Å². The van der Waals surface area contributed by atoms with Gasteiger partial charge >= 0.3 is 11.6 Å². The molecule has 130 valence electrons. The van der Waals surface area contributed by atoms with Crippen molar-refractivity contribution in [3.8, 4) is 5.75 Å². The van der Waals surface area contributed by atoms with Crippen molar-refractivity contribution in [3.63, 3.8) is 0 Å². The SMILES string of the molecule is CO/C(O)=C(\CC(COc1ccccc1)OCc1ccccc1)[N+]#N. The third-order valence-corrected chi connectivity index (χ3v) is 3.49. The molecular weight excluding hydrogens is 320 g/mol. The molecule has 0 aliphatic heterocycles. The summed E-state index contributed by atoms with van der Waals surface area (Å²) < 4.78 is 16.3. The highest BCUT2D eigenvalue weighted by Crippen LogP contribution is 2.18. The fourth-order valence-corrected chi connectivity index (χ4v) is 2.16. The fourth-order valence-electron chi connectivity index (χ4n) is 2.16. The lowest BCUT2D eigenvalue weighted by molar-refractivity contribution is 0.00827. The second-order valence-corrected chi connectivity index (χ2v) is 5.30. The van der Waals surface area contributed by atoms with E-state index in [0.717, 1.165) is 5.56 Å². The normalized spacial score (nSPS) is 12.6. The summed E-state index contributed by atoms with van der Waals surface area (Å²) in [6.07, 6.45) is -0.306. The smallest absolute Gasteiger partial charge is 0.443 e. The van der Waals surface area contributed by atoms with Gasteiger partial charge in [0.05, 0.1) is 20.1 Å². The van der Waals surface area contributed by atoms with Gasteiger partial charge in [-0.05, 0) is 17.7 Å².